The number of rotatable bonds is 3. The van der Waals surface area contributed by atoms with Crippen LogP contribution >= 0.6 is 24.8 Å². The summed E-state index contributed by atoms with van der Waals surface area (Å²) < 4.78 is 4.79. The molecule has 8 heteroatoms. The quantitative estimate of drug-likeness (QED) is 0.880. The topological polar surface area (TPSA) is 75.6 Å². The molecule has 1 amide bonds. The van der Waals surface area contributed by atoms with Gasteiger partial charge in [0.15, 0.2) is 0 Å². The van der Waals surface area contributed by atoms with Gasteiger partial charge >= 0.3 is 0 Å². The van der Waals surface area contributed by atoms with Crippen molar-refractivity contribution in [3.63, 3.8) is 0 Å². The molecule has 0 radical (unpaired) electrons. The summed E-state index contributed by atoms with van der Waals surface area (Å²) in [7, 11) is 0. The van der Waals surface area contributed by atoms with Gasteiger partial charge in [-0.1, -0.05) is 5.16 Å². The lowest BCUT2D eigenvalue weighted by Crippen LogP contribution is -2.52. The van der Waals surface area contributed by atoms with E-state index < -0.39 is 6.04 Å². The molecule has 1 aromatic rings. The Balaban J connectivity index is 0.00000162. The molecule has 1 aromatic heterocycles. The zero-order valence-corrected chi connectivity index (χ0v) is 12.5. The molecule has 0 aromatic carbocycles. The van der Waals surface area contributed by atoms with E-state index in [1.807, 2.05) is 11.0 Å². The average Bonchev–Trinajstić information content (AvgIpc) is 2.82. The van der Waals surface area contributed by atoms with Crippen LogP contribution < -0.4 is 5.73 Å². The van der Waals surface area contributed by atoms with Crippen LogP contribution in [0.5, 0.6) is 0 Å². The minimum absolute atomic E-state index is 0. The molecule has 19 heavy (non-hydrogen) atoms. The Kier molecular flexibility index (Phi) is 8.01. The molecule has 0 bridgehead atoms. The van der Waals surface area contributed by atoms with Gasteiger partial charge in [0.1, 0.15) is 6.26 Å². The zero-order chi connectivity index (χ0) is 12.3. The van der Waals surface area contributed by atoms with Crippen molar-refractivity contribution in [2.24, 2.45) is 5.73 Å². The number of hydrogen-bond donors (Lipinski definition) is 1. The summed E-state index contributed by atoms with van der Waals surface area (Å²) in [6.07, 6.45) is 1.57. The lowest BCUT2D eigenvalue weighted by atomic mass is 10.2. The minimum atomic E-state index is -0.405. The first kappa shape index (κ1) is 18.2. The minimum Gasteiger partial charge on any atom is -0.364 e. The van der Waals surface area contributed by atoms with Gasteiger partial charge in [-0.05, 0) is 6.92 Å². The molecule has 1 aliphatic heterocycles. The second kappa shape index (κ2) is 8.37. The fraction of sp³-hybridized carbons (Fsp3) is 0.636. The average molecular weight is 311 g/mol. The van der Waals surface area contributed by atoms with Crippen LogP contribution in [0.2, 0.25) is 0 Å². The molecule has 2 rings (SSSR count). The van der Waals surface area contributed by atoms with Gasteiger partial charge in [-0.3, -0.25) is 9.69 Å². The van der Waals surface area contributed by atoms with Crippen molar-refractivity contribution in [3.05, 3.63) is 18.0 Å². The smallest absolute Gasteiger partial charge is 0.239 e. The van der Waals surface area contributed by atoms with E-state index in [9.17, 15) is 4.79 Å². The number of carbonyl (C=O) groups excluding carboxylic acids is 1. The molecule has 0 aliphatic carbocycles. The van der Waals surface area contributed by atoms with Crippen molar-refractivity contribution in [3.8, 4) is 0 Å². The Hall–Kier alpha value is -0.820. The Bertz CT molecular complexity index is 365. The number of nitrogens with zero attached hydrogens (tertiary/aromatic N) is 3. The van der Waals surface area contributed by atoms with Gasteiger partial charge in [-0.25, -0.2) is 0 Å². The van der Waals surface area contributed by atoms with Crippen molar-refractivity contribution in [1.82, 2.24) is 15.0 Å². The molecule has 6 nitrogen and oxygen atoms in total. The first-order chi connectivity index (χ1) is 8.16. The van der Waals surface area contributed by atoms with E-state index in [1.165, 1.54) is 0 Å². The fourth-order valence-corrected chi connectivity index (χ4v) is 1.96. The SMILES string of the molecule is C[C@@H](N)C(=O)N1CCN(Cc2ccon2)CC1.Cl.Cl. The maximum Gasteiger partial charge on any atom is 0.239 e. The Labute approximate surface area is 125 Å². The van der Waals surface area contributed by atoms with Crippen molar-refractivity contribution in [2.45, 2.75) is 19.5 Å². The third-order valence-corrected chi connectivity index (χ3v) is 2.95. The van der Waals surface area contributed by atoms with Crippen LogP contribution in [0.1, 0.15) is 12.6 Å². The van der Waals surface area contributed by atoms with E-state index in [2.05, 4.69) is 10.1 Å². The number of halogens is 2. The van der Waals surface area contributed by atoms with Crippen LogP contribution in [0, 0.1) is 0 Å². The Morgan fingerprint density at radius 2 is 2.05 bits per heavy atom. The van der Waals surface area contributed by atoms with Gasteiger partial charge in [0, 0.05) is 38.8 Å². The molecule has 1 atom stereocenters. The van der Waals surface area contributed by atoms with Gasteiger partial charge < -0.3 is 15.2 Å². The predicted molar refractivity (Wildman–Crippen MR) is 76.5 cm³/mol. The zero-order valence-electron chi connectivity index (χ0n) is 10.8. The highest BCUT2D eigenvalue weighted by atomic mass is 35.5. The lowest BCUT2D eigenvalue weighted by Gasteiger charge is -2.35. The van der Waals surface area contributed by atoms with Gasteiger partial charge in [0.05, 0.1) is 11.7 Å². The normalized spacial score (nSPS) is 17.3. The predicted octanol–water partition coefficient (Wildman–Crippen LogP) is 0.510. The molecule has 1 fully saturated rings. The highest BCUT2D eigenvalue weighted by Gasteiger charge is 2.23. The highest BCUT2D eigenvalue weighted by molar-refractivity contribution is 5.85. The Morgan fingerprint density at radius 1 is 1.42 bits per heavy atom. The maximum absolute atomic E-state index is 11.7. The molecule has 1 aliphatic rings. The largest absolute Gasteiger partial charge is 0.364 e. The van der Waals surface area contributed by atoms with Gasteiger partial charge in [0.25, 0.3) is 0 Å². The summed E-state index contributed by atoms with van der Waals surface area (Å²) in [5.74, 6) is 0.0334. The second-order valence-corrected chi connectivity index (χ2v) is 4.38. The first-order valence-corrected chi connectivity index (χ1v) is 5.83. The summed E-state index contributed by atoms with van der Waals surface area (Å²) >= 11 is 0. The monoisotopic (exact) mass is 310 g/mol. The Morgan fingerprint density at radius 3 is 2.53 bits per heavy atom. The molecule has 2 heterocycles. The standard InChI is InChI=1S/C11H18N4O2.2ClH/c1-9(12)11(16)15-5-3-14(4-6-15)8-10-2-7-17-13-10;;/h2,7,9H,3-6,8,12H2,1H3;2*1H/t9-;;/m1../s1. The summed E-state index contributed by atoms with van der Waals surface area (Å²) in [5.41, 5.74) is 6.51. The van der Waals surface area contributed by atoms with Crippen molar-refractivity contribution >= 4 is 30.7 Å². The molecule has 0 unspecified atom stereocenters. The van der Waals surface area contributed by atoms with E-state index in [-0.39, 0.29) is 30.7 Å². The van der Waals surface area contributed by atoms with Crippen LogP contribution in [0.3, 0.4) is 0 Å². The van der Waals surface area contributed by atoms with Gasteiger partial charge in [-0.15, -0.1) is 24.8 Å². The van der Waals surface area contributed by atoms with Crippen LogP contribution in [-0.4, -0.2) is 53.1 Å². The van der Waals surface area contributed by atoms with Crippen molar-refractivity contribution in [1.29, 1.82) is 0 Å². The first-order valence-electron chi connectivity index (χ1n) is 5.83. The number of aromatic nitrogens is 1. The van der Waals surface area contributed by atoms with Gasteiger partial charge in [0.2, 0.25) is 5.91 Å². The third-order valence-electron chi connectivity index (χ3n) is 2.95. The summed E-state index contributed by atoms with van der Waals surface area (Å²) in [5, 5.41) is 3.88. The van der Waals surface area contributed by atoms with E-state index in [4.69, 9.17) is 10.3 Å². The lowest BCUT2D eigenvalue weighted by molar-refractivity contribution is -0.134. The van der Waals surface area contributed by atoms with Crippen LogP contribution in [0.15, 0.2) is 16.9 Å². The molecule has 110 valence electrons. The second-order valence-electron chi connectivity index (χ2n) is 4.38. The molecule has 0 saturated carbocycles. The van der Waals surface area contributed by atoms with Crippen LogP contribution in [-0.2, 0) is 11.3 Å². The van der Waals surface area contributed by atoms with E-state index in [0.717, 1.165) is 38.4 Å². The van der Waals surface area contributed by atoms with Crippen molar-refractivity contribution in [2.75, 3.05) is 26.2 Å². The number of hydrogen-bond acceptors (Lipinski definition) is 5. The number of piperazine rings is 1. The van der Waals surface area contributed by atoms with Gasteiger partial charge in [-0.2, -0.15) is 0 Å². The van der Waals surface area contributed by atoms with Crippen LogP contribution in [0.4, 0.5) is 0 Å². The summed E-state index contributed by atoms with van der Waals surface area (Å²) in [6.45, 7) is 5.67. The fourth-order valence-electron chi connectivity index (χ4n) is 1.96. The molecule has 1 saturated heterocycles. The number of amides is 1. The molecular formula is C11H20Cl2N4O2. The van der Waals surface area contributed by atoms with Crippen LogP contribution in [0.25, 0.3) is 0 Å². The highest BCUT2D eigenvalue weighted by Crippen LogP contribution is 2.07. The molecular weight excluding hydrogens is 291 g/mol. The van der Waals surface area contributed by atoms with E-state index in [0.29, 0.717) is 0 Å². The third kappa shape index (κ3) is 4.99. The van der Waals surface area contributed by atoms with Crippen molar-refractivity contribution < 1.29 is 9.32 Å². The van der Waals surface area contributed by atoms with E-state index >= 15 is 0 Å². The summed E-state index contributed by atoms with van der Waals surface area (Å²) in [4.78, 5) is 15.8. The molecule has 0 spiro atoms. The molecule has 2 N–H and O–H groups in total. The number of nitrogens with two attached hydrogens (primary N) is 1. The van der Waals surface area contributed by atoms with E-state index in [1.54, 1.807) is 13.2 Å². The number of carbonyl (C=O) groups is 1. The maximum atomic E-state index is 11.7. The summed E-state index contributed by atoms with van der Waals surface area (Å²) in [6, 6.07) is 1.46.